The summed E-state index contributed by atoms with van der Waals surface area (Å²) in [6.45, 7) is 4.41. The van der Waals surface area contributed by atoms with Gasteiger partial charge in [0.1, 0.15) is 5.75 Å². The Morgan fingerprint density at radius 2 is 1.67 bits per heavy atom. The molecule has 0 atom stereocenters. The van der Waals surface area contributed by atoms with Crippen molar-refractivity contribution in [1.29, 1.82) is 0 Å². The van der Waals surface area contributed by atoms with Crippen LogP contribution in [0.5, 0.6) is 5.75 Å². The Morgan fingerprint density at radius 3 is 2.33 bits per heavy atom. The molecule has 0 aromatic heterocycles. The molecule has 0 spiro atoms. The van der Waals surface area contributed by atoms with Crippen molar-refractivity contribution in [2.24, 2.45) is 4.99 Å². The smallest absolute Gasteiger partial charge is 0.115 e. The number of allylic oxidation sites excluding steroid dienone is 1. The molecule has 152 valence electrons. The molecular weight excluding hydrogens is 392 g/mol. The summed E-state index contributed by atoms with van der Waals surface area (Å²) in [5.74, 6) is 0.748. The van der Waals surface area contributed by atoms with Gasteiger partial charge >= 0.3 is 0 Å². The summed E-state index contributed by atoms with van der Waals surface area (Å²) in [4.78, 5) is 7.15. The van der Waals surface area contributed by atoms with Crippen LogP contribution in [-0.4, -0.2) is 17.9 Å². The lowest BCUT2D eigenvalue weighted by molar-refractivity contribution is 0.475. The van der Waals surface area contributed by atoms with Gasteiger partial charge in [0.15, 0.2) is 0 Å². The Balaban J connectivity index is 1.78. The topological polar surface area (TPSA) is 35.8 Å². The lowest BCUT2D eigenvalue weighted by Gasteiger charge is -2.17. The van der Waals surface area contributed by atoms with Gasteiger partial charge in [-0.05, 0) is 59.5 Å². The van der Waals surface area contributed by atoms with Gasteiger partial charge in [-0.2, -0.15) is 0 Å². The number of aromatic hydroxyl groups is 1. The van der Waals surface area contributed by atoms with Crippen molar-refractivity contribution in [1.82, 2.24) is 0 Å². The SMILES string of the molecule is CC(C)c1ccc(CC2=CN(C)c3ccc(Cl)cc3C(c3ccc(O)cc3)=N2)cc1. The number of hydrogen-bond acceptors (Lipinski definition) is 3. The maximum absolute atomic E-state index is 9.72. The third kappa shape index (κ3) is 4.27. The van der Waals surface area contributed by atoms with Crippen LogP contribution in [0.1, 0.15) is 42.0 Å². The Kier molecular flexibility index (Phi) is 5.65. The van der Waals surface area contributed by atoms with E-state index in [1.165, 1.54) is 11.1 Å². The Morgan fingerprint density at radius 1 is 0.967 bits per heavy atom. The van der Waals surface area contributed by atoms with Crippen LogP contribution in [0.15, 0.2) is 83.6 Å². The van der Waals surface area contributed by atoms with E-state index in [1.54, 1.807) is 12.1 Å². The first-order valence-corrected chi connectivity index (χ1v) is 10.5. The van der Waals surface area contributed by atoms with E-state index in [1.807, 2.05) is 37.4 Å². The zero-order valence-electron chi connectivity index (χ0n) is 17.4. The molecule has 1 N–H and O–H groups in total. The molecule has 0 saturated heterocycles. The number of aliphatic imine (C=N–C) groups is 1. The van der Waals surface area contributed by atoms with Crippen LogP contribution in [0.4, 0.5) is 5.69 Å². The van der Waals surface area contributed by atoms with Crippen molar-refractivity contribution in [2.75, 3.05) is 11.9 Å². The van der Waals surface area contributed by atoms with E-state index in [9.17, 15) is 5.11 Å². The number of benzene rings is 3. The van der Waals surface area contributed by atoms with Crippen molar-refractivity contribution in [3.63, 3.8) is 0 Å². The summed E-state index contributed by atoms with van der Waals surface area (Å²) < 4.78 is 0. The van der Waals surface area contributed by atoms with E-state index < -0.39 is 0 Å². The van der Waals surface area contributed by atoms with Gasteiger partial charge in [-0.15, -0.1) is 0 Å². The number of nitrogens with zero attached hydrogens (tertiary/aromatic N) is 2. The highest BCUT2D eigenvalue weighted by atomic mass is 35.5. The molecule has 4 rings (SSSR count). The number of rotatable bonds is 4. The number of anilines is 1. The molecule has 1 aliphatic rings. The van der Waals surface area contributed by atoms with Gasteiger partial charge < -0.3 is 10.0 Å². The standard InChI is InChI=1S/C26H25ClN2O/c1-17(2)19-6-4-18(5-7-19)14-22-16-29(3)25-13-10-21(27)15-24(25)26(28-22)20-8-11-23(30)12-9-20/h4-13,15-17,30H,14H2,1-3H3. The number of hydrogen-bond donors (Lipinski definition) is 1. The minimum absolute atomic E-state index is 0.234. The molecule has 4 heteroatoms. The fraction of sp³-hybridized carbons (Fsp3) is 0.192. The third-order valence-electron chi connectivity index (χ3n) is 5.36. The van der Waals surface area contributed by atoms with Gasteiger partial charge in [-0.25, -0.2) is 0 Å². The second-order valence-corrected chi connectivity index (χ2v) is 8.41. The van der Waals surface area contributed by atoms with E-state index in [-0.39, 0.29) is 5.75 Å². The summed E-state index contributed by atoms with van der Waals surface area (Å²) >= 11 is 6.33. The molecule has 0 fully saturated rings. The molecule has 3 aromatic carbocycles. The minimum Gasteiger partial charge on any atom is -0.508 e. The molecule has 3 nitrogen and oxygen atoms in total. The van der Waals surface area contributed by atoms with Crippen LogP contribution in [0.25, 0.3) is 0 Å². The normalized spacial score (nSPS) is 13.6. The van der Waals surface area contributed by atoms with Crippen molar-refractivity contribution >= 4 is 23.0 Å². The van der Waals surface area contributed by atoms with Crippen LogP contribution in [-0.2, 0) is 6.42 Å². The molecule has 1 heterocycles. The number of phenolic OH excluding ortho intramolecular Hbond substituents is 1. The fourth-order valence-electron chi connectivity index (χ4n) is 3.69. The number of fused-ring (bicyclic) bond motifs is 1. The lowest BCUT2D eigenvalue weighted by atomic mass is 9.99. The van der Waals surface area contributed by atoms with E-state index in [0.717, 1.165) is 34.6 Å². The van der Waals surface area contributed by atoms with Crippen LogP contribution in [0, 0.1) is 0 Å². The third-order valence-corrected chi connectivity index (χ3v) is 5.60. The Hall–Kier alpha value is -3.04. The van der Waals surface area contributed by atoms with Gasteiger partial charge in [0, 0.05) is 35.8 Å². The zero-order chi connectivity index (χ0) is 21.3. The van der Waals surface area contributed by atoms with E-state index in [2.05, 4.69) is 49.2 Å². The molecule has 0 unspecified atom stereocenters. The highest BCUT2D eigenvalue weighted by Gasteiger charge is 2.19. The number of halogens is 1. The second kappa shape index (κ2) is 8.37. The number of phenols is 1. The monoisotopic (exact) mass is 416 g/mol. The summed E-state index contributed by atoms with van der Waals surface area (Å²) in [5, 5.41) is 10.4. The first-order chi connectivity index (χ1) is 14.4. The van der Waals surface area contributed by atoms with Crippen LogP contribution < -0.4 is 4.90 Å². The van der Waals surface area contributed by atoms with Gasteiger partial charge in [0.05, 0.1) is 17.1 Å². The molecule has 3 aromatic rings. The average Bonchev–Trinajstić information content (AvgIpc) is 2.85. The molecule has 0 radical (unpaired) electrons. The van der Waals surface area contributed by atoms with Crippen LogP contribution in [0.2, 0.25) is 5.02 Å². The van der Waals surface area contributed by atoms with Gasteiger partial charge in [-0.1, -0.05) is 49.7 Å². The van der Waals surface area contributed by atoms with E-state index in [0.29, 0.717) is 10.9 Å². The summed E-state index contributed by atoms with van der Waals surface area (Å²) in [5.41, 5.74) is 7.31. The molecule has 0 saturated carbocycles. The van der Waals surface area contributed by atoms with Crippen molar-refractivity contribution in [3.8, 4) is 5.75 Å². The fourth-order valence-corrected chi connectivity index (χ4v) is 3.86. The van der Waals surface area contributed by atoms with Crippen LogP contribution in [0.3, 0.4) is 0 Å². The quantitative estimate of drug-likeness (QED) is 0.524. The minimum atomic E-state index is 0.234. The highest BCUT2D eigenvalue weighted by molar-refractivity contribution is 6.31. The summed E-state index contributed by atoms with van der Waals surface area (Å²) in [7, 11) is 2.03. The first-order valence-electron chi connectivity index (χ1n) is 10.1. The van der Waals surface area contributed by atoms with E-state index in [4.69, 9.17) is 16.6 Å². The molecule has 30 heavy (non-hydrogen) atoms. The molecule has 1 aliphatic heterocycles. The van der Waals surface area contributed by atoms with Crippen molar-refractivity contribution < 1.29 is 5.11 Å². The van der Waals surface area contributed by atoms with Gasteiger partial charge in [0.2, 0.25) is 0 Å². The predicted molar refractivity (Wildman–Crippen MR) is 126 cm³/mol. The molecule has 0 aliphatic carbocycles. The summed E-state index contributed by atoms with van der Waals surface area (Å²) in [6.07, 6.45) is 2.81. The second-order valence-electron chi connectivity index (χ2n) is 7.97. The summed E-state index contributed by atoms with van der Waals surface area (Å²) in [6, 6.07) is 21.8. The largest absolute Gasteiger partial charge is 0.508 e. The van der Waals surface area contributed by atoms with Crippen molar-refractivity contribution in [2.45, 2.75) is 26.2 Å². The molecule has 0 bridgehead atoms. The Labute approximate surface area is 183 Å². The maximum Gasteiger partial charge on any atom is 0.115 e. The predicted octanol–water partition coefficient (Wildman–Crippen LogP) is 6.54. The molecule has 0 amide bonds. The lowest BCUT2D eigenvalue weighted by Crippen LogP contribution is -2.12. The van der Waals surface area contributed by atoms with Crippen LogP contribution >= 0.6 is 11.6 Å². The molecular formula is C26H25ClN2O. The van der Waals surface area contributed by atoms with Gasteiger partial charge in [0.25, 0.3) is 0 Å². The highest BCUT2D eigenvalue weighted by Crippen LogP contribution is 2.31. The van der Waals surface area contributed by atoms with E-state index >= 15 is 0 Å². The zero-order valence-corrected chi connectivity index (χ0v) is 18.2. The maximum atomic E-state index is 9.72. The van der Waals surface area contributed by atoms with Crippen molar-refractivity contribution in [3.05, 3.63) is 106 Å². The average molecular weight is 417 g/mol. The Bertz CT molecular complexity index is 1110. The first kappa shape index (κ1) is 20.2. The van der Waals surface area contributed by atoms with Gasteiger partial charge in [-0.3, -0.25) is 4.99 Å².